The average molecular weight is 267 g/mol. The molecule has 0 aliphatic rings. The van der Waals surface area contributed by atoms with Crippen molar-refractivity contribution in [3.8, 4) is 0 Å². The van der Waals surface area contributed by atoms with Crippen molar-refractivity contribution in [1.29, 1.82) is 0 Å². The third kappa shape index (κ3) is 2.70. The Morgan fingerprint density at radius 3 is 2.61 bits per heavy atom. The second-order valence-electron chi connectivity index (χ2n) is 4.41. The highest BCUT2D eigenvalue weighted by Gasteiger charge is 2.33. The van der Waals surface area contributed by atoms with E-state index >= 15 is 0 Å². The largest absolute Gasteiger partial charge is 0.384 e. The highest BCUT2D eigenvalue weighted by molar-refractivity contribution is 7.18. The molecule has 1 aromatic heterocycles. The SMILES string of the molecule is COC(OC)C(C)(O)Cc1nc2ccccc2s1. The van der Waals surface area contributed by atoms with Crippen LogP contribution in [0.4, 0.5) is 0 Å². The van der Waals surface area contributed by atoms with Crippen LogP contribution in [0, 0.1) is 0 Å². The van der Waals surface area contributed by atoms with Crippen molar-refractivity contribution < 1.29 is 14.6 Å². The van der Waals surface area contributed by atoms with Crippen LogP contribution < -0.4 is 0 Å². The number of fused-ring (bicyclic) bond motifs is 1. The summed E-state index contributed by atoms with van der Waals surface area (Å²) in [4.78, 5) is 4.50. The molecular formula is C13H17NO3S. The molecule has 1 aromatic carbocycles. The number of thiazole rings is 1. The summed E-state index contributed by atoms with van der Waals surface area (Å²) in [5.41, 5.74) is -0.142. The zero-order valence-electron chi connectivity index (χ0n) is 10.7. The quantitative estimate of drug-likeness (QED) is 0.844. The van der Waals surface area contributed by atoms with E-state index in [0.29, 0.717) is 6.42 Å². The number of ether oxygens (including phenoxy) is 2. The summed E-state index contributed by atoms with van der Waals surface area (Å²) >= 11 is 1.58. The molecule has 0 saturated carbocycles. The molecular weight excluding hydrogens is 250 g/mol. The number of rotatable bonds is 5. The van der Waals surface area contributed by atoms with E-state index in [1.165, 1.54) is 14.2 Å². The van der Waals surface area contributed by atoms with Gasteiger partial charge in [0.2, 0.25) is 0 Å². The first kappa shape index (κ1) is 13.4. The van der Waals surface area contributed by atoms with Crippen molar-refractivity contribution in [2.24, 2.45) is 0 Å². The maximum atomic E-state index is 10.4. The van der Waals surface area contributed by atoms with E-state index in [0.717, 1.165) is 15.2 Å². The monoisotopic (exact) mass is 267 g/mol. The first-order valence-corrected chi connectivity index (χ1v) is 6.51. The van der Waals surface area contributed by atoms with E-state index in [4.69, 9.17) is 9.47 Å². The molecule has 0 aliphatic carbocycles. The van der Waals surface area contributed by atoms with E-state index in [-0.39, 0.29) is 0 Å². The number of methoxy groups -OCH3 is 2. The molecule has 0 radical (unpaired) electrons. The van der Waals surface area contributed by atoms with Gasteiger partial charge >= 0.3 is 0 Å². The van der Waals surface area contributed by atoms with E-state index in [1.807, 2.05) is 24.3 Å². The molecule has 0 saturated heterocycles. The summed E-state index contributed by atoms with van der Waals surface area (Å²) in [6.07, 6.45) is -0.261. The molecule has 18 heavy (non-hydrogen) atoms. The van der Waals surface area contributed by atoms with Crippen LogP contribution in [0.5, 0.6) is 0 Å². The molecule has 2 aromatic rings. The first-order chi connectivity index (χ1) is 8.56. The van der Waals surface area contributed by atoms with Gasteiger partial charge in [0.05, 0.1) is 15.2 Å². The molecule has 1 unspecified atom stereocenters. The number of aliphatic hydroxyl groups is 1. The topological polar surface area (TPSA) is 51.6 Å². The highest BCUT2D eigenvalue weighted by atomic mass is 32.1. The minimum atomic E-state index is -1.10. The average Bonchev–Trinajstić information content (AvgIpc) is 2.71. The Hall–Kier alpha value is -1.01. The van der Waals surface area contributed by atoms with Gasteiger partial charge in [0, 0.05) is 20.6 Å². The van der Waals surface area contributed by atoms with Gasteiger partial charge in [-0.15, -0.1) is 11.3 Å². The summed E-state index contributed by atoms with van der Waals surface area (Å²) in [5.74, 6) is 0. The van der Waals surface area contributed by atoms with Gasteiger partial charge in [-0.25, -0.2) is 4.98 Å². The van der Waals surface area contributed by atoms with Crippen LogP contribution in [0.1, 0.15) is 11.9 Å². The summed E-state index contributed by atoms with van der Waals surface area (Å²) in [6.45, 7) is 1.69. The molecule has 0 aliphatic heterocycles. The molecule has 5 heteroatoms. The Balaban J connectivity index is 2.22. The molecule has 4 nitrogen and oxygen atoms in total. The second-order valence-corrected chi connectivity index (χ2v) is 5.53. The predicted octanol–water partition coefficient (Wildman–Crippen LogP) is 2.21. The molecule has 1 atom stereocenters. The lowest BCUT2D eigenvalue weighted by Crippen LogP contribution is -2.43. The van der Waals surface area contributed by atoms with Crippen molar-refractivity contribution in [3.05, 3.63) is 29.3 Å². The number of benzene rings is 1. The van der Waals surface area contributed by atoms with Crippen molar-refractivity contribution >= 4 is 21.6 Å². The van der Waals surface area contributed by atoms with Gasteiger partial charge in [-0.05, 0) is 19.1 Å². The molecule has 1 heterocycles. The van der Waals surface area contributed by atoms with Gasteiger partial charge in [-0.3, -0.25) is 0 Å². The van der Waals surface area contributed by atoms with Gasteiger partial charge in [-0.2, -0.15) is 0 Å². The minimum Gasteiger partial charge on any atom is -0.384 e. The number of nitrogens with zero attached hydrogens (tertiary/aromatic N) is 1. The third-order valence-corrected chi connectivity index (χ3v) is 3.82. The fraction of sp³-hybridized carbons (Fsp3) is 0.462. The van der Waals surface area contributed by atoms with E-state index in [9.17, 15) is 5.11 Å². The number of hydrogen-bond acceptors (Lipinski definition) is 5. The van der Waals surface area contributed by atoms with E-state index in [1.54, 1.807) is 18.3 Å². The van der Waals surface area contributed by atoms with Gasteiger partial charge < -0.3 is 14.6 Å². The van der Waals surface area contributed by atoms with Crippen LogP contribution in [-0.4, -0.2) is 36.2 Å². The normalized spacial score (nSPS) is 15.2. The van der Waals surface area contributed by atoms with Crippen LogP contribution in [0.2, 0.25) is 0 Å². The lowest BCUT2D eigenvalue weighted by molar-refractivity contribution is -0.207. The Labute approximate surface area is 110 Å². The molecule has 0 spiro atoms. The molecule has 0 amide bonds. The molecule has 0 bridgehead atoms. The highest BCUT2D eigenvalue weighted by Crippen LogP contribution is 2.26. The Morgan fingerprint density at radius 1 is 1.33 bits per heavy atom. The van der Waals surface area contributed by atoms with E-state index < -0.39 is 11.9 Å². The number of hydrogen-bond donors (Lipinski definition) is 1. The van der Waals surface area contributed by atoms with E-state index in [2.05, 4.69) is 4.98 Å². The van der Waals surface area contributed by atoms with Crippen LogP contribution >= 0.6 is 11.3 Å². The fourth-order valence-electron chi connectivity index (χ4n) is 1.99. The Bertz CT molecular complexity index is 487. The zero-order valence-corrected chi connectivity index (χ0v) is 11.5. The third-order valence-electron chi connectivity index (χ3n) is 2.78. The maximum Gasteiger partial charge on any atom is 0.185 e. The maximum absolute atomic E-state index is 10.4. The lowest BCUT2D eigenvalue weighted by Gasteiger charge is -2.29. The number of aromatic nitrogens is 1. The minimum absolute atomic E-state index is 0.401. The van der Waals surface area contributed by atoms with Crippen LogP contribution in [0.25, 0.3) is 10.2 Å². The lowest BCUT2D eigenvalue weighted by atomic mass is 10.0. The Kier molecular flexibility index (Phi) is 3.97. The van der Waals surface area contributed by atoms with Crippen LogP contribution in [-0.2, 0) is 15.9 Å². The molecule has 98 valence electrons. The standard InChI is InChI=1S/C13H17NO3S/c1-13(15,12(16-2)17-3)8-11-14-9-6-4-5-7-10(9)18-11/h4-7,12,15H,8H2,1-3H3. The van der Waals surface area contributed by atoms with Gasteiger partial charge in [0.15, 0.2) is 6.29 Å². The molecule has 2 rings (SSSR count). The van der Waals surface area contributed by atoms with Gasteiger partial charge in [0.25, 0.3) is 0 Å². The van der Waals surface area contributed by atoms with Crippen molar-refractivity contribution in [2.45, 2.75) is 25.2 Å². The summed E-state index contributed by atoms with van der Waals surface area (Å²) in [7, 11) is 3.03. The molecule has 0 fully saturated rings. The Morgan fingerprint density at radius 2 is 2.00 bits per heavy atom. The van der Waals surface area contributed by atoms with Crippen LogP contribution in [0.15, 0.2) is 24.3 Å². The van der Waals surface area contributed by atoms with Crippen molar-refractivity contribution in [1.82, 2.24) is 4.98 Å². The smallest absolute Gasteiger partial charge is 0.185 e. The van der Waals surface area contributed by atoms with Gasteiger partial charge in [-0.1, -0.05) is 12.1 Å². The van der Waals surface area contributed by atoms with Gasteiger partial charge in [0.1, 0.15) is 5.60 Å². The summed E-state index contributed by atoms with van der Waals surface area (Å²) in [5, 5.41) is 11.2. The summed E-state index contributed by atoms with van der Waals surface area (Å²) in [6, 6.07) is 7.93. The second kappa shape index (κ2) is 5.32. The van der Waals surface area contributed by atoms with Crippen LogP contribution in [0.3, 0.4) is 0 Å². The number of para-hydroxylation sites is 1. The zero-order chi connectivity index (χ0) is 13.2. The van der Waals surface area contributed by atoms with Crippen molar-refractivity contribution in [2.75, 3.05) is 14.2 Å². The first-order valence-electron chi connectivity index (χ1n) is 5.69. The summed E-state index contributed by atoms with van der Waals surface area (Å²) < 4.78 is 11.4. The van der Waals surface area contributed by atoms with Crippen molar-refractivity contribution in [3.63, 3.8) is 0 Å². The fourth-order valence-corrected chi connectivity index (χ4v) is 3.12. The predicted molar refractivity (Wildman–Crippen MR) is 71.8 cm³/mol. The molecule has 1 N–H and O–H groups in total.